The topological polar surface area (TPSA) is 70.9 Å². The van der Waals surface area contributed by atoms with Gasteiger partial charge in [-0.1, -0.05) is 44.2 Å². The SMILES string of the molecule is CCNC(=NCc1ccc(Cn2ccccc2=O)cc1)NCC(C(C)C)N1CCOCC1.I. The van der Waals surface area contributed by atoms with Crippen LogP contribution in [0, 0.1) is 5.92 Å². The van der Waals surface area contributed by atoms with Gasteiger partial charge in [0.2, 0.25) is 0 Å². The summed E-state index contributed by atoms with van der Waals surface area (Å²) in [5.74, 6) is 1.39. The molecule has 1 fully saturated rings. The average Bonchev–Trinajstić information content (AvgIpc) is 2.80. The number of hydrogen-bond donors (Lipinski definition) is 2. The van der Waals surface area contributed by atoms with Gasteiger partial charge in [-0.25, -0.2) is 4.99 Å². The van der Waals surface area contributed by atoms with Gasteiger partial charge in [-0.05, 0) is 30.0 Å². The van der Waals surface area contributed by atoms with Crippen LogP contribution in [0.3, 0.4) is 0 Å². The highest BCUT2D eigenvalue weighted by Crippen LogP contribution is 2.12. The van der Waals surface area contributed by atoms with E-state index in [0.717, 1.165) is 56.5 Å². The molecular formula is C25H38IN5O2. The van der Waals surface area contributed by atoms with Gasteiger partial charge in [0.05, 0.1) is 26.3 Å². The predicted molar refractivity (Wildman–Crippen MR) is 145 cm³/mol. The van der Waals surface area contributed by atoms with Crippen molar-refractivity contribution < 1.29 is 4.74 Å². The van der Waals surface area contributed by atoms with E-state index < -0.39 is 0 Å². The number of aromatic nitrogens is 1. The molecule has 1 aromatic heterocycles. The molecule has 33 heavy (non-hydrogen) atoms. The minimum Gasteiger partial charge on any atom is -0.379 e. The summed E-state index contributed by atoms with van der Waals surface area (Å²) in [6.07, 6.45) is 1.82. The van der Waals surface area contributed by atoms with Crippen LogP contribution in [0.15, 0.2) is 58.4 Å². The molecule has 7 nitrogen and oxygen atoms in total. The second-order valence-corrected chi connectivity index (χ2v) is 8.52. The van der Waals surface area contributed by atoms with Crippen molar-refractivity contribution >= 4 is 29.9 Å². The summed E-state index contributed by atoms with van der Waals surface area (Å²) >= 11 is 0. The number of rotatable bonds is 9. The van der Waals surface area contributed by atoms with Crippen LogP contribution in [0.25, 0.3) is 0 Å². The lowest BCUT2D eigenvalue weighted by molar-refractivity contribution is 0.00752. The zero-order valence-electron chi connectivity index (χ0n) is 20.0. The molecule has 0 saturated carbocycles. The molecule has 1 atom stereocenters. The standard InChI is InChI=1S/C25H37N5O2.HI/c1-4-26-25(28-18-23(20(2)3)29-13-15-32-16-14-29)27-17-21-8-10-22(11-9-21)19-30-12-6-5-7-24(30)31;/h5-12,20,23H,4,13-19H2,1-3H3,(H2,26,27,28);1H. The Kier molecular flexibility index (Phi) is 11.9. The van der Waals surface area contributed by atoms with Gasteiger partial charge in [0.15, 0.2) is 5.96 Å². The number of morpholine rings is 1. The van der Waals surface area contributed by atoms with E-state index in [4.69, 9.17) is 9.73 Å². The third-order valence-corrected chi connectivity index (χ3v) is 5.80. The van der Waals surface area contributed by atoms with Crippen LogP contribution in [-0.4, -0.2) is 60.9 Å². The van der Waals surface area contributed by atoms with Crippen molar-refractivity contribution in [1.82, 2.24) is 20.1 Å². The van der Waals surface area contributed by atoms with Gasteiger partial charge in [0.1, 0.15) is 0 Å². The second-order valence-electron chi connectivity index (χ2n) is 8.52. The number of benzene rings is 1. The predicted octanol–water partition coefficient (Wildman–Crippen LogP) is 2.93. The first-order valence-corrected chi connectivity index (χ1v) is 11.6. The molecule has 0 spiro atoms. The van der Waals surface area contributed by atoms with Gasteiger partial charge >= 0.3 is 0 Å². The van der Waals surface area contributed by atoms with Gasteiger partial charge < -0.3 is 19.9 Å². The van der Waals surface area contributed by atoms with Crippen molar-refractivity contribution in [1.29, 1.82) is 0 Å². The highest BCUT2D eigenvalue weighted by atomic mass is 127. The van der Waals surface area contributed by atoms with E-state index in [0.29, 0.717) is 25.0 Å². The minimum absolute atomic E-state index is 0. The van der Waals surface area contributed by atoms with Crippen molar-refractivity contribution in [3.05, 3.63) is 70.1 Å². The lowest BCUT2D eigenvalue weighted by Gasteiger charge is -2.37. The van der Waals surface area contributed by atoms with Crippen LogP contribution in [-0.2, 0) is 17.8 Å². The van der Waals surface area contributed by atoms with Crippen molar-refractivity contribution in [2.24, 2.45) is 10.9 Å². The molecule has 1 aliphatic heterocycles. The number of aliphatic imine (C=N–C) groups is 1. The number of halogens is 1. The van der Waals surface area contributed by atoms with Gasteiger partial charge in [-0.2, -0.15) is 0 Å². The Hall–Kier alpha value is -1.91. The molecule has 2 N–H and O–H groups in total. The Bertz CT molecular complexity index is 908. The summed E-state index contributed by atoms with van der Waals surface area (Å²) in [4.78, 5) is 19.2. The number of hydrogen-bond acceptors (Lipinski definition) is 4. The molecular weight excluding hydrogens is 529 g/mol. The summed E-state index contributed by atoms with van der Waals surface area (Å²) in [7, 11) is 0. The first-order valence-electron chi connectivity index (χ1n) is 11.6. The fraction of sp³-hybridized carbons (Fsp3) is 0.520. The molecule has 1 aliphatic rings. The molecule has 0 aliphatic carbocycles. The van der Waals surface area contributed by atoms with E-state index in [9.17, 15) is 4.79 Å². The van der Waals surface area contributed by atoms with E-state index >= 15 is 0 Å². The van der Waals surface area contributed by atoms with Crippen molar-refractivity contribution in [2.45, 2.75) is 39.9 Å². The highest BCUT2D eigenvalue weighted by Gasteiger charge is 2.23. The molecule has 0 radical (unpaired) electrons. The van der Waals surface area contributed by atoms with Crippen LogP contribution in [0.1, 0.15) is 31.9 Å². The van der Waals surface area contributed by atoms with E-state index in [2.05, 4.69) is 60.6 Å². The summed E-state index contributed by atoms with van der Waals surface area (Å²) < 4.78 is 7.22. The smallest absolute Gasteiger partial charge is 0.250 e. The maximum absolute atomic E-state index is 11.9. The number of ether oxygens (including phenoxy) is 1. The van der Waals surface area contributed by atoms with Gasteiger partial charge in [-0.15, -0.1) is 24.0 Å². The molecule has 2 heterocycles. The van der Waals surface area contributed by atoms with E-state index in [1.165, 1.54) is 0 Å². The third-order valence-electron chi connectivity index (χ3n) is 5.80. The lowest BCUT2D eigenvalue weighted by Crippen LogP contribution is -2.52. The molecule has 182 valence electrons. The Morgan fingerprint density at radius 1 is 1.06 bits per heavy atom. The average molecular weight is 568 g/mol. The van der Waals surface area contributed by atoms with Crippen LogP contribution in [0.4, 0.5) is 0 Å². The van der Waals surface area contributed by atoms with Crippen molar-refractivity contribution in [2.75, 3.05) is 39.4 Å². The lowest BCUT2D eigenvalue weighted by atomic mass is 10.0. The molecule has 3 rings (SSSR count). The highest BCUT2D eigenvalue weighted by molar-refractivity contribution is 14.0. The maximum Gasteiger partial charge on any atom is 0.250 e. The molecule has 2 aromatic rings. The van der Waals surface area contributed by atoms with E-state index in [-0.39, 0.29) is 29.5 Å². The van der Waals surface area contributed by atoms with E-state index in [1.54, 1.807) is 16.7 Å². The van der Waals surface area contributed by atoms with Crippen LogP contribution in [0.2, 0.25) is 0 Å². The summed E-state index contributed by atoms with van der Waals surface area (Å²) in [6.45, 7) is 13.1. The number of guanidine groups is 1. The third kappa shape index (κ3) is 8.75. The monoisotopic (exact) mass is 567 g/mol. The van der Waals surface area contributed by atoms with Gasteiger partial charge in [0.25, 0.3) is 5.56 Å². The first kappa shape index (κ1) is 27.3. The minimum atomic E-state index is 0. The van der Waals surface area contributed by atoms with Gasteiger partial charge in [0, 0.05) is 44.5 Å². The number of nitrogens with one attached hydrogen (secondary N) is 2. The Balaban J connectivity index is 0.00000385. The first-order chi connectivity index (χ1) is 15.6. The molecule has 1 saturated heterocycles. The largest absolute Gasteiger partial charge is 0.379 e. The van der Waals surface area contributed by atoms with Gasteiger partial charge in [-0.3, -0.25) is 9.69 Å². The van der Waals surface area contributed by atoms with Crippen molar-refractivity contribution in [3.8, 4) is 0 Å². The number of pyridine rings is 1. The fourth-order valence-corrected chi connectivity index (χ4v) is 3.95. The molecule has 1 unspecified atom stereocenters. The molecule has 0 bridgehead atoms. The van der Waals surface area contributed by atoms with Crippen LogP contribution in [0.5, 0.6) is 0 Å². The molecule has 8 heteroatoms. The summed E-state index contributed by atoms with van der Waals surface area (Å²) in [5.41, 5.74) is 2.25. The quantitative estimate of drug-likeness (QED) is 0.277. The summed E-state index contributed by atoms with van der Waals surface area (Å²) in [6, 6.07) is 14.0. The van der Waals surface area contributed by atoms with Crippen LogP contribution < -0.4 is 16.2 Å². The van der Waals surface area contributed by atoms with E-state index in [1.807, 2.05) is 12.3 Å². The second kappa shape index (κ2) is 14.4. The summed E-state index contributed by atoms with van der Waals surface area (Å²) in [5, 5.41) is 6.90. The Morgan fingerprint density at radius 3 is 2.39 bits per heavy atom. The Labute approximate surface area is 214 Å². The van der Waals surface area contributed by atoms with Crippen molar-refractivity contribution in [3.63, 3.8) is 0 Å². The maximum atomic E-state index is 11.9. The normalized spacial score (nSPS) is 15.7. The zero-order valence-corrected chi connectivity index (χ0v) is 22.3. The molecule has 1 aromatic carbocycles. The number of nitrogens with zero attached hydrogens (tertiary/aromatic N) is 3. The van der Waals surface area contributed by atoms with Crippen LogP contribution >= 0.6 is 24.0 Å². The fourth-order valence-electron chi connectivity index (χ4n) is 3.95. The Morgan fingerprint density at radius 2 is 1.76 bits per heavy atom. The molecule has 0 amide bonds. The zero-order chi connectivity index (χ0) is 22.8.